The molecule has 13 heavy (non-hydrogen) atoms. The minimum atomic E-state index is -0.438. The molecule has 4 heteroatoms. The zero-order valence-corrected chi connectivity index (χ0v) is 7.40. The van der Waals surface area contributed by atoms with Crippen LogP contribution in [-0.4, -0.2) is 24.0 Å². The molecule has 0 bridgehead atoms. The Hall–Kier alpha value is -1.42. The van der Waals surface area contributed by atoms with Gasteiger partial charge in [0.2, 0.25) is 5.91 Å². The number of hydrogen-bond acceptors (Lipinski definition) is 3. The summed E-state index contributed by atoms with van der Waals surface area (Å²) in [5, 5.41) is 0. The van der Waals surface area contributed by atoms with E-state index >= 15 is 0 Å². The SMILES string of the molecule is CN1C(=O)C(N)Cc2ncccc21. The van der Waals surface area contributed by atoms with Crippen molar-refractivity contribution in [3.05, 3.63) is 24.0 Å². The lowest BCUT2D eigenvalue weighted by Gasteiger charge is -2.28. The van der Waals surface area contributed by atoms with Crippen LogP contribution in [0.5, 0.6) is 0 Å². The van der Waals surface area contributed by atoms with Crippen molar-refractivity contribution in [1.29, 1.82) is 0 Å². The first-order valence-electron chi connectivity index (χ1n) is 4.17. The Morgan fingerprint density at radius 1 is 1.69 bits per heavy atom. The van der Waals surface area contributed by atoms with Gasteiger partial charge in [0.05, 0.1) is 17.4 Å². The largest absolute Gasteiger partial charge is 0.320 e. The van der Waals surface area contributed by atoms with Crippen molar-refractivity contribution in [2.24, 2.45) is 5.73 Å². The van der Waals surface area contributed by atoms with Gasteiger partial charge in [-0.3, -0.25) is 9.78 Å². The molecule has 68 valence electrons. The van der Waals surface area contributed by atoms with Crippen molar-refractivity contribution in [3.63, 3.8) is 0 Å². The smallest absolute Gasteiger partial charge is 0.244 e. The molecule has 0 fully saturated rings. The van der Waals surface area contributed by atoms with Crippen LogP contribution in [0, 0.1) is 0 Å². The topological polar surface area (TPSA) is 59.2 Å². The lowest BCUT2D eigenvalue weighted by Crippen LogP contribution is -2.47. The molecular formula is C9H11N3O. The number of nitrogens with two attached hydrogens (primary N) is 1. The van der Waals surface area contributed by atoms with Crippen molar-refractivity contribution >= 4 is 11.6 Å². The van der Waals surface area contributed by atoms with Crippen LogP contribution in [0.2, 0.25) is 0 Å². The fraction of sp³-hybridized carbons (Fsp3) is 0.333. The molecule has 1 atom stereocenters. The van der Waals surface area contributed by atoms with E-state index in [4.69, 9.17) is 5.73 Å². The van der Waals surface area contributed by atoms with Crippen molar-refractivity contribution < 1.29 is 4.79 Å². The molecule has 0 aromatic carbocycles. The van der Waals surface area contributed by atoms with E-state index < -0.39 is 6.04 Å². The second-order valence-electron chi connectivity index (χ2n) is 3.18. The lowest BCUT2D eigenvalue weighted by molar-refractivity contribution is -0.119. The van der Waals surface area contributed by atoms with Crippen LogP contribution in [0.1, 0.15) is 5.69 Å². The van der Waals surface area contributed by atoms with E-state index in [0.29, 0.717) is 6.42 Å². The van der Waals surface area contributed by atoms with Gasteiger partial charge in [-0.15, -0.1) is 0 Å². The maximum absolute atomic E-state index is 11.5. The number of amides is 1. The standard InChI is InChI=1S/C9H11N3O/c1-12-8-3-2-4-11-7(8)5-6(10)9(12)13/h2-4,6H,5,10H2,1H3. The molecule has 1 aliphatic rings. The number of rotatable bonds is 0. The van der Waals surface area contributed by atoms with E-state index in [-0.39, 0.29) is 5.91 Å². The molecule has 1 amide bonds. The quantitative estimate of drug-likeness (QED) is 0.603. The van der Waals surface area contributed by atoms with Gasteiger partial charge in [-0.25, -0.2) is 0 Å². The number of nitrogens with zero attached hydrogens (tertiary/aromatic N) is 2. The third-order valence-electron chi connectivity index (χ3n) is 2.29. The summed E-state index contributed by atoms with van der Waals surface area (Å²) in [4.78, 5) is 17.2. The number of anilines is 1. The molecule has 0 saturated carbocycles. The molecule has 2 heterocycles. The Kier molecular flexibility index (Phi) is 1.77. The summed E-state index contributed by atoms with van der Waals surface area (Å²) in [5.74, 6) is -0.0412. The Morgan fingerprint density at radius 2 is 2.46 bits per heavy atom. The highest BCUT2D eigenvalue weighted by atomic mass is 16.2. The number of fused-ring (bicyclic) bond motifs is 1. The van der Waals surface area contributed by atoms with Crippen LogP contribution in [0.3, 0.4) is 0 Å². The van der Waals surface area contributed by atoms with E-state index in [2.05, 4.69) is 4.98 Å². The molecule has 2 N–H and O–H groups in total. The van der Waals surface area contributed by atoms with E-state index in [0.717, 1.165) is 11.4 Å². The van der Waals surface area contributed by atoms with E-state index in [9.17, 15) is 4.79 Å². The molecular weight excluding hydrogens is 166 g/mol. The highest BCUT2D eigenvalue weighted by molar-refractivity contribution is 5.99. The van der Waals surface area contributed by atoms with Crippen LogP contribution < -0.4 is 10.6 Å². The average molecular weight is 177 g/mol. The van der Waals surface area contributed by atoms with Crippen molar-refractivity contribution in [3.8, 4) is 0 Å². The summed E-state index contributed by atoms with van der Waals surface area (Å²) >= 11 is 0. The zero-order chi connectivity index (χ0) is 9.42. The zero-order valence-electron chi connectivity index (χ0n) is 7.40. The van der Waals surface area contributed by atoms with Crippen LogP contribution in [0.15, 0.2) is 18.3 Å². The lowest BCUT2D eigenvalue weighted by atomic mass is 10.0. The number of carbonyl (C=O) groups excluding carboxylic acids is 1. The van der Waals surface area contributed by atoms with Crippen molar-refractivity contribution in [2.75, 3.05) is 11.9 Å². The summed E-state index contributed by atoms with van der Waals surface area (Å²) in [7, 11) is 1.72. The average Bonchev–Trinajstić information content (AvgIpc) is 2.15. The van der Waals surface area contributed by atoms with E-state index in [1.165, 1.54) is 0 Å². The molecule has 0 saturated heterocycles. The first kappa shape index (κ1) is 8.19. The molecule has 0 radical (unpaired) electrons. The first-order chi connectivity index (χ1) is 6.20. The number of hydrogen-bond donors (Lipinski definition) is 1. The Labute approximate surface area is 76.4 Å². The van der Waals surface area contributed by atoms with Gasteiger partial charge >= 0.3 is 0 Å². The molecule has 1 aromatic heterocycles. The van der Waals surface area contributed by atoms with Crippen molar-refractivity contribution in [2.45, 2.75) is 12.5 Å². The van der Waals surface area contributed by atoms with Crippen LogP contribution >= 0.6 is 0 Å². The van der Waals surface area contributed by atoms with Gasteiger partial charge in [0, 0.05) is 19.7 Å². The van der Waals surface area contributed by atoms with Gasteiger partial charge in [0.25, 0.3) is 0 Å². The van der Waals surface area contributed by atoms with Gasteiger partial charge < -0.3 is 10.6 Å². The van der Waals surface area contributed by atoms with Gasteiger partial charge in [-0.2, -0.15) is 0 Å². The number of pyridine rings is 1. The summed E-state index contributed by atoms with van der Waals surface area (Å²) in [6, 6.07) is 3.26. The van der Waals surface area contributed by atoms with Crippen LogP contribution in [-0.2, 0) is 11.2 Å². The molecule has 2 rings (SSSR count). The van der Waals surface area contributed by atoms with Gasteiger partial charge in [0.15, 0.2) is 0 Å². The van der Waals surface area contributed by atoms with Crippen LogP contribution in [0.25, 0.3) is 0 Å². The maximum atomic E-state index is 11.5. The molecule has 4 nitrogen and oxygen atoms in total. The summed E-state index contributed by atoms with van der Waals surface area (Å²) < 4.78 is 0. The van der Waals surface area contributed by atoms with E-state index in [1.54, 1.807) is 18.1 Å². The molecule has 0 aliphatic carbocycles. The van der Waals surface area contributed by atoms with Gasteiger partial charge in [-0.05, 0) is 12.1 Å². The number of aromatic nitrogens is 1. The number of carbonyl (C=O) groups is 1. The minimum absolute atomic E-state index is 0.0412. The minimum Gasteiger partial charge on any atom is -0.320 e. The summed E-state index contributed by atoms with van der Waals surface area (Å²) in [6.45, 7) is 0. The predicted molar refractivity (Wildman–Crippen MR) is 49.3 cm³/mol. The van der Waals surface area contributed by atoms with Crippen LogP contribution in [0.4, 0.5) is 5.69 Å². The summed E-state index contributed by atoms with van der Waals surface area (Å²) in [5.41, 5.74) is 7.42. The normalized spacial score (nSPS) is 21.5. The third-order valence-corrected chi connectivity index (χ3v) is 2.29. The van der Waals surface area contributed by atoms with Crippen molar-refractivity contribution in [1.82, 2.24) is 4.98 Å². The molecule has 0 spiro atoms. The van der Waals surface area contributed by atoms with Gasteiger partial charge in [0.1, 0.15) is 0 Å². The maximum Gasteiger partial charge on any atom is 0.244 e. The highest BCUT2D eigenvalue weighted by Gasteiger charge is 2.27. The summed E-state index contributed by atoms with van der Waals surface area (Å²) in [6.07, 6.45) is 2.26. The third kappa shape index (κ3) is 1.19. The van der Waals surface area contributed by atoms with Gasteiger partial charge in [-0.1, -0.05) is 0 Å². The molecule has 1 unspecified atom stereocenters. The second-order valence-corrected chi connectivity index (χ2v) is 3.18. The van der Waals surface area contributed by atoms with E-state index in [1.807, 2.05) is 12.1 Å². The fourth-order valence-electron chi connectivity index (χ4n) is 1.56. The Morgan fingerprint density at radius 3 is 3.23 bits per heavy atom. The monoisotopic (exact) mass is 177 g/mol. The second kappa shape index (κ2) is 2.81. The first-order valence-corrected chi connectivity index (χ1v) is 4.17. The number of likely N-dealkylation sites (N-methyl/N-ethyl adjacent to an activating group) is 1. The predicted octanol–water partition coefficient (Wildman–Crippen LogP) is -0.0722. The Bertz CT molecular complexity index is 350. The molecule has 1 aromatic rings. The fourth-order valence-corrected chi connectivity index (χ4v) is 1.56. The Balaban J connectivity index is 2.49. The highest BCUT2D eigenvalue weighted by Crippen LogP contribution is 2.23. The molecule has 1 aliphatic heterocycles.